The Kier molecular flexibility index (Phi) is 11.9. The highest BCUT2D eigenvalue weighted by molar-refractivity contribution is 6.17. The Morgan fingerprint density at radius 1 is 1.21 bits per heavy atom. The Labute approximate surface area is 152 Å². The van der Waals surface area contributed by atoms with Crippen molar-refractivity contribution in [3.63, 3.8) is 0 Å². The minimum Gasteiger partial charge on any atom is -0.507 e. The molecule has 0 amide bonds. The molecule has 4 heteroatoms. The summed E-state index contributed by atoms with van der Waals surface area (Å²) in [5.74, 6) is 1.93. The van der Waals surface area contributed by atoms with Gasteiger partial charge in [-0.1, -0.05) is 46.8 Å². The van der Waals surface area contributed by atoms with Crippen LogP contribution in [0.5, 0.6) is 11.5 Å². The number of benzene rings is 2. The number of fused-ring (bicyclic) bond motifs is 3. The van der Waals surface area contributed by atoms with E-state index in [-0.39, 0.29) is 0 Å². The molecule has 0 fully saturated rings. The fourth-order valence-corrected chi connectivity index (χ4v) is 2.40. The number of anilines is 1. The van der Waals surface area contributed by atoms with E-state index in [4.69, 9.17) is 16.3 Å². The summed E-state index contributed by atoms with van der Waals surface area (Å²) in [7, 11) is 1.66. The van der Waals surface area contributed by atoms with Gasteiger partial charge in [-0.15, -0.1) is 11.6 Å². The lowest BCUT2D eigenvalue weighted by atomic mass is 10.0. The second kappa shape index (κ2) is 12.8. The molecule has 3 nitrogen and oxygen atoms in total. The number of methoxy groups -OCH3 is 1. The average molecular weight is 354 g/mol. The molecule has 0 saturated heterocycles. The van der Waals surface area contributed by atoms with Crippen molar-refractivity contribution in [2.45, 2.75) is 47.5 Å². The SMILES string of the molecule is CC.CC.CCCCl.COc1cccc2c(O)cc3c(c12)CCN3. The van der Waals surface area contributed by atoms with Gasteiger partial charge < -0.3 is 15.2 Å². The van der Waals surface area contributed by atoms with Crippen molar-refractivity contribution in [1.82, 2.24) is 0 Å². The Balaban J connectivity index is 0.000000573. The molecule has 1 aliphatic heterocycles. The van der Waals surface area contributed by atoms with E-state index in [0.29, 0.717) is 5.75 Å². The highest BCUT2D eigenvalue weighted by Crippen LogP contribution is 2.40. The first-order valence-corrected chi connectivity index (χ1v) is 9.37. The smallest absolute Gasteiger partial charge is 0.127 e. The number of hydrogen-bond acceptors (Lipinski definition) is 3. The molecule has 3 rings (SSSR count). The van der Waals surface area contributed by atoms with Gasteiger partial charge in [0, 0.05) is 35.0 Å². The summed E-state index contributed by atoms with van der Waals surface area (Å²) in [6.07, 6.45) is 2.06. The fraction of sp³-hybridized carbons (Fsp3) is 0.500. The summed E-state index contributed by atoms with van der Waals surface area (Å²) in [5.41, 5.74) is 2.26. The van der Waals surface area contributed by atoms with E-state index in [1.807, 2.05) is 52.8 Å². The van der Waals surface area contributed by atoms with Gasteiger partial charge in [0.1, 0.15) is 11.5 Å². The molecule has 1 heterocycles. The zero-order valence-electron chi connectivity index (χ0n) is 15.9. The highest BCUT2D eigenvalue weighted by Gasteiger charge is 2.18. The Morgan fingerprint density at radius 3 is 2.38 bits per heavy atom. The molecule has 0 radical (unpaired) electrons. The van der Waals surface area contributed by atoms with Crippen molar-refractivity contribution in [3.8, 4) is 11.5 Å². The molecule has 0 bridgehead atoms. The first-order chi connectivity index (χ1) is 11.7. The number of nitrogens with one attached hydrogen (secondary N) is 1. The van der Waals surface area contributed by atoms with Crippen molar-refractivity contribution >= 4 is 28.1 Å². The molecule has 2 aromatic rings. The maximum absolute atomic E-state index is 9.96. The summed E-state index contributed by atoms with van der Waals surface area (Å²) in [6.45, 7) is 11.0. The summed E-state index contributed by atoms with van der Waals surface area (Å²) in [4.78, 5) is 0. The molecule has 0 saturated carbocycles. The van der Waals surface area contributed by atoms with Crippen LogP contribution in [-0.2, 0) is 6.42 Å². The van der Waals surface area contributed by atoms with Gasteiger partial charge in [0.05, 0.1) is 7.11 Å². The summed E-state index contributed by atoms with van der Waals surface area (Å²) in [6, 6.07) is 7.55. The molecule has 24 heavy (non-hydrogen) atoms. The Bertz CT molecular complexity index is 598. The molecule has 0 atom stereocenters. The number of aromatic hydroxyl groups is 1. The van der Waals surface area contributed by atoms with Crippen LogP contribution in [0.3, 0.4) is 0 Å². The molecule has 0 unspecified atom stereocenters. The van der Waals surface area contributed by atoms with Crippen molar-refractivity contribution in [3.05, 3.63) is 29.8 Å². The van der Waals surface area contributed by atoms with Crippen LogP contribution in [0.1, 0.15) is 46.6 Å². The molecule has 1 aliphatic rings. The third-order valence-electron chi connectivity index (χ3n) is 3.31. The molecule has 136 valence electrons. The van der Waals surface area contributed by atoms with Crippen molar-refractivity contribution < 1.29 is 9.84 Å². The number of rotatable bonds is 2. The van der Waals surface area contributed by atoms with Crippen LogP contribution in [0.15, 0.2) is 24.3 Å². The molecule has 0 aromatic heterocycles. The lowest BCUT2D eigenvalue weighted by Gasteiger charge is -2.11. The molecule has 2 aromatic carbocycles. The van der Waals surface area contributed by atoms with Gasteiger partial charge in [0.2, 0.25) is 0 Å². The number of halogens is 1. The van der Waals surface area contributed by atoms with Gasteiger partial charge in [0.25, 0.3) is 0 Å². The van der Waals surface area contributed by atoms with Crippen molar-refractivity contribution in [1.29, 1.82) is 0 Å². The van der Waals surface area contributed by atoms with E-state index < -0.39 is 0 Å². The van der Waals surface area contributed by atoms with Crippen LogP contribution >= 0.6 is 11.6 Å². The molecule has 2 N–H and O–H groups in total. The first kappa shape index (κ1) is 22.4. The van der Waals surface area contributed by atoms with Gasteiger partial charge in [-0.05, 0) is 24.5 Å². The minimum atomic E-state index is 0.307. The molecule has 0 spiro atoms. The summed E-state index contributed by atoms with van der Waals surface area (Å²) in [5, 5.41) is 15.1. The van der Waals surface area contributed by atoms with Crippen LogP contribution in [0.4, 0.5) is 5.69 Å². The normalized spacial score (nSPS) is 10.8. The van der Waals surface area contributed by atoms with E-state index in [2.05, 4.69) is 5.32 Å². The summed E-state index contributed by atoms with van der Waals surface area (Å²) < 4.78 is 5.37. The third kappa shape index (κ3) is 5.48. The van der Waals surface area contributed by atoms with E-state index in [9.17, 15) is 5.11 Å². The van der Waals surface area contributed by atoms with Gasteiger partial charge in [-0.3, -0.25) is 0 Å². The number of phenols is 1. The largest absolute Gasteiger partial charge is 0.507 e. The predicted octanol–water partition coefficient (Wildman–Crippen LogP) is 6.21. The van der Waals surface area contributed by atoms with E-state index in [0.717, 1.165) is 47.5 Å². The monoisotopic (exact) mass is 353 g/mol. The maximum atomic E-state index is 9.96. The van der Waals surface area contributed by atoms with Crippen LogP contribution in [0, 0.1) is 0 Å². The first-order valence-electron chi connectivity index (χ1n) is 8.84. The lowest BCUT2D eigenvalue weighted by molar-refractivity contribution is 0.419. The fourth-order valence-electron chi connectivity index (χ4n) is 2.40. The van der Waals surface area contributed by atoms with Crippen LogP contribution in [0.25, 0.3) is 10.8 Å². The number of phenolic OH excluding ortho intramolecular Hbond substituents is 1. The third-order valence-corrected chi connectivity index (χ3v) is 3.69. The van der Waals surface area contributed by atoms with Crippen LogP contribution < -0.4 is 10.1 Å². The van der Waals surface area contributed by atoms with Crippen LogP contribution in [-0.4, -0.2) is 24.6 Å². The second-order valence-electron chi connectivity index (χ2n) is 4.67. The zero-order valence-corrected chi connectivity index (χ0v) is 16.6. The highest BCUT2D eigenvalue weighted by atomic mass is 35.5. The average Bonchev–Trinajstić information content (AvgIpc) is 3.13. The van der Waals surface area contributed by atoms with Crippen molar-refractivity contribution in [2.75, 3.05) is 24.9 Å². The van der Waals surface area contributed by atoms with Gasteiger partial charge in [0.15, 0.2) is 0 Å². The minimum absolute atomic E-state index is 0.307. The van der Waals surface area contributed by atoms with E-state index >= 15 is 0 Å². The summed E-state index contributed by atoms with van der Waals surface area (Å²) >= 11 is 5.19. The number of hydrogen-bond donors (Lipinski definition) is 2. The standard InChI is InChI=1S/C13H13NO2.C3H7Cl.2C2H6/c1-16-12-4-2-3-9-11(15)7-10-8(13(9)12)5-6-14-10;1-2-3-4;2*1-2/h2-4,7,14-15H,5-6H2,1H3;2-3H2,1H3;2*1-2H3. The van der Waals surface area contributed by atoms with Gasteiger partial charge >= 0.3 is 0 Å². The topological polar surface area (TPSA) is 41.5 Å². The lowest BCUT2D eigenvalue weighted by Crippen LogP contribution is -1.90. The zero-order chi connectivity index (χ0) is 18.5. The Morgan fingerprint density at radius 2 is 1.83 bits per heavy atom. The number of ether oxygens (including phenoxy) is 1. The maximum Gasteiger partial charge on any atom is 0.127 e. The molecular formula is C20H32ClNO2. The molecular weight excluding hydrogens is 322 g/mol. The van der Waals surface area contributed by atoms with Gasteiger partial charge in [-0.25, -0.2) is 0 Å². The predicted molar refractivity (Wildman–Crippen MR) is 108 cm³/mol. The van der Waals surface area contributed by atoms with Crippen molar-refractivity contribution in [2.24, 2.45) is 0 Å². The second-order valence-corrected chi connectivity index (χ2v) is 5.05. The van der Waals surface area contributed by atoms with Gasteiger partial charge in [-0.2, -0.15) is 0 Å². The number of alkyl halides is 1. The quantitative estimate of drug-likeness (QED) is 0.630. The van der Waals surface area contributed by atoms with E-state index in [1.54, 1.807) is 13.2 Å². The van der Waals surface area contributed by atoms with E-state index in [1.165, 1.54) is 5.56 Å². The Hall–Kier alpha value is -1.61. The molecule has 0 aliphatic carbocycles. The van der Waals surface area contributed by atoms with Crippen LogP contribution in [0.2, 0.25) is 0 Å².